The maximum Gasteiger partial charge on any atom is 0.414 e. The number of hydrogen-bond donors (Lipinski definition) is 2. The summed E-state index contributed by atoms with van der Waals surface area (Å²) in [5.41, 5.74) is -0.470. The van der Waals surface area contributed by atoms with E-state index in [1.165, 1.54) is 13.3 Å². The number of rotatable bonds is 7. The summed E-state index contributed by atoms with van der Waals surface area (Å²) in [7, 11) is 0. The summed E-state index contributed by atoms with van der Waals surface area (Å²) in [6.07, 6.45) is 2.12. The van der Waals surface area contributed by atoms with Crippen molar-refractivity contribution in [2.75, 3.05) is 24.0 Å². The van der Waals surface area contributed by atoms with Crippen molar-refractivity contribution in [2.24, 2.45) is 16.8 Å². The minimum Gasteiger partial charge on any atom is -0.463 e. The van der Waals surface area contributed by atoms with Gasteiger partial charge in [-0.2, -0.15) is 4.98 Å². The molecule has 3 atom stereocenters. The summed E-state index contributed by atoms with van der Waals surface area (Å²) in [5, 5.41) is 6.34. The summed E-state index contributed by atoms with van der Waals surface area (Å²) >= 11 is 0. The number of amides is 1. The molecule has 2 aliphatic rings. The summed E-state index contributed by atoms with van der Waals surface area (Å²) in [5.74, 6) is -0.336. The van der Waals surface area contributed by atoms with E-state index in [0.717, 1.165) is 6.07 Å². The van der Waals surface area contributed by atoms with Crippen LogP contribution in [0, 0.1) is 11.8 Å². The van der Waals surface area contributed by atoms with Crippen LogP contribution in [0.3, 0.4) is 0 Å². The van der Waals surface area contributed by atoms with E-state index in [2.05, 4.69) is 25.3 Å². The lowest BCUT2D eigenvalue weighted by molar-refractivity contribution is -0.152. The lowest BCUT2D eigenvalue weighted by Crippen LogP contribution is -2.21. The van der Waals surface area contributed by atoms with Crippen molar-refractivity contribution in [1.29, 1.82) is 0 Å². The molecular weight excluding hydrogens is 474 g/mol. The van der Waals surface area contributed by atoms with Gasteiger partial charge in [0.15, 0.2) is 0 Å². The Balaban J connectivity index is 1.65. The number of hydrogen-bond acceptors (Lipinski definition) is 11. The van der Waals surface area contributed by atoms with E-state index >= 15 is 0 Å². The first-order valence-corrected chi connectivity index (χ1v) is 11.4. The first kappa shape index (κ1) is 25.1. The zero-order valence-electron chi connectivity index (χ0n) is 20.3. The van der Waals surface area contributed by atoms with Crippen LogP contribution in [-0.2, 0) is 28.5 Å². The Morgan fingerprint density at radius 2 is 2.06 bits per heavy atom. The molecule has 36 heavy (non-hydrogen) atoms. The molecule has 3 unspecified atom stereocenters. The zero-order valence-corrected chi connectivity index (χ0v) is 20.3. The van der Waals surface area contributed by atoms with E-state index in [9.17, 15) is 19.2 Å². The van der Waals surface area contributed by atoms with E-state index in [1.807, 2.05) is 11.5 Å². The summed E-state index contributed by atoms with van der Waals surface area (Å²) in [6, 6.07) is 1.16. The topological polar surface area (TPSA) is 159 Å². The maximum atomic E-state index is 12.4. The Kier molecular flexibility index (Phi) is 7.20. The fourth-order valence-electron chi connectivity index (χ4n) is 4.06. The van der Waals surface area contributed by atoms with E-state index in [-0.39, 0.29) is 42.0 Å². The number of nitrogens with one attached hydrogen (secondary N) is 2. The number of carbonyl (C=O) groups is 3. The lowest BCUT2D eigenvalue weighted by Gasteiger charge is -2.20. The summed E-state index contributed by atoms with van der Waals surface area (Å²) in [4.78, 5) is 55.9. The van der Waals surface area contributed by atoms with Gasteiger partial charge < -0.3 is 28.8 Å². The van der Waals surface area contributed by atoms with Crippen LogP contribution in [0.5, 0.6) is 0 Å². The maximum absolute atomic E-state index is 12.4. The van der Waals surface area contributed by atoms with E-state index < -0.39 is 30.6 Å². The summed E-state index contributed by atoms with van der Waals surface area (Å²) < 4.78 is 22.8. The molecule has 0 aromatic carbocycles. The van der Waals surface area contributed by atoms with Gasteiger partial charge in [-0.15, -0.1) is 0 Å². The highest BCUT2D eigenvalue weighted by Crippen LogP contribution is 2.44. The molecule has 0 saturated carbocycles. The fraction of sp³-hybridized carbons (Fsp3) is 0.478. The highest BCUT2D eigenvalue weighted by molar-refractivity contribution is 6.12. The van der Waals surface area contributed by atoms with Crippen molar-refractivity contribution in [3.05, 3.63) is 22.6 Å². The molecule has 4 rings (SSSR count). The average molecular weight is 501 g/mol. The number of ether oxygens (including phenoxy) is 4. The van der Waals surface area contributed by atoms with Crippen LogP contribution in [0.25, 0.3) is 10.8 Å². The molecule has 1 amide bonds. The minimum atomic E-state index is -0.926. The van der Waals surface area contributed by atoms with Crippen LogP contribution >= 0.6 is 0 Å². The molecule has 13 nitrogen and oxygen atoms in total. The molecule has 2 aromatic heterocycles. The molecule has 0 aliphatic carbocycles. The third-order valence-electron chi connectivity index (χ3n) is 5.71. The number of aliphatic imine (C=N–C) groups is 1. The molecule has 2 aliphatic heterocycles. The van der Waals surface area contributed by atoms with Crippen LogP contribution in [0.1, 0.15) is 40.3 Å². The number of esters is 2. The first-order valence-electron chi connectivity index (χ1n) is 11.4. The van der Waals surface area contributed by atoms with Gasteiger partial charge in [-0.1, -0.05) is 20.8 Å². The Hall–Kier alpha value is -4.00. The average Bonchev–Trinajstić information content (AvgIpc) is 3.33. The molecule has 0 radical (unpaired) electrons. The van der Waals surface area contributed by atoms with Crippen LogP contribution in [-0.4, -0.2) is 53.4 Å². The standard InChI is InChI=1S/C23H27N5O8/c1-11(2)22(31)33-8-14-5-12(3)21(36-14)28-7-15-16(26-23(32)35-10-34-13(4)29)6-17(30)27-19-18(15)20(28)25-9-24-19/h6-7,9,11-12,14,21H,5,8,10H2,1-4H3,(H,26,32)(H,24,25,27,30). The van der Waals surface area contributed by atoms with Crippen molar-refractivity contribution < 1.29 is 33.3 Å². The Morgan fingerprint density at radius 1 is 1.28 bits per heavy atom. The zero-order chi connectivity index (χ0) is 26.0. The van der Waals surface area contributed by atoms with E-state index in [1.54, 1.807) is 20.0 Å². The molecule has 2 N–H and O–H groups in total. The van der Waals surface area contributed by atoms with Gasteiger partial charge in [0.1, 0.15) is 24.5 Å². The second kappa shape index (κ2) is 10.3. The normalized spacial score (nSPS) is 20.2. The second-order valence-corrected chi connectivity index (χ2v) is 8.86. The number of anilines is 2. The van der Waals surface area contributed by atoms with Gasteiger partial charge in [0.2, 0.25) is 6.79 Å². The fourth-order valence-corrected chi connectivity index (χ4v) is 4.06. The molecule has 1 fully saturated rings. The molecule has 4 heterocycles. The molecule has 1 saturated heterocycles. The minimum absolute atomic E-state index is 0.0428. The second-order valence-electron chi connectivity index (χ2n) is 8.86. The highest BCUT2D eigenvalue weighted by Gasteiger charge is 2.36. The van der Waals surface area contributed by atoms with Gasteiger partial charge in [0.25, 0.3) is 5.56 Å². The first-order chi connectivity index (χ1) is 17.1. The number of carbonyl (C=O) groups excluding carboxylic acids is 3. The van der Waals surface area contributed by atoms with Gasteiger partial charge >= 0.3 is 18.0 Å². The van der Waals surface area contributed by atoms with Crippen LogP contribution in [0.4, 0.5) is 22.1 Å². The monoisotopic (exact) mass is 501 g/mol. The van der Waals surface area contributed by atoms with Crippen molar-refractivity contribution in [3.8, 4) is 0 Å². The van der Waals surface area contributed by atoms with E-state index in [4.69, 9.17) is 14.2 Å². The highest BCUT2D eigenvalue weighted by atomic mass is 16.7. The largest absolute Gasteiger partial charge is 0.463 e. The predicted molar refractivity (Wildman–Crippen MR) is 128 cm³/mol. The Morgan fingerprint density at radius 3 is 2.78 bits per heavy atom. The predicted octanol–water partition coefficient (Wildman–Crippen LogP) is 2.67. The third-order valence-corrected chi connectivity index (χ3v) is 5.71. The van der Waals surface area contributed by atoms with E-state index in [0.29, 0.717) is 23.0 Å². The van der Waals surface area contributed by atoms with Crippen LogP contribution < -0.4 is 16.2 Å². The molecule has 13 heteroatoms. The van der Waals surface area contributed by atoms with Crippen molar-refractivity contribution in [3.63, 3.8) is 0 Å². The molecule has 2 aromatic rings. The summed E-state index contributed by atoms with van der Waals surface area (Å²) in [6.45, 7) is 6.29. The Bertz CT molecular complexity index is 1290. The quantitative estimate of drug-likeness (QED) is 0.426. The lowest BCUT2D eigenvalue weighted by atomic mass is 10.1. The molecule has 192 valence electrons. The third kappa shape index (κ3) is 5.30. The smallest absolute Gasteiger partial charge is 0.414 e. The number of nitrogens with zero attached hydrogens (tertiary/aromatic N) is 3. The van der Waals surface area contributed by atoms with Crippen molar-refractivity contribution in [1.82, 2.24) is 9.55 Å². The van der Waals surface area contributed by atoms with Gasteiger partial charge in [-0.25, -0.2) is 9.79 Å². The van der Waals surface area contributed by atoms with Gasteiger partial charge in [0, 0.05) is 30.5 Å². The molecular formula is C23H27N5O8. The van der Waals surface area contributed by atoms with Gasteiger partial charge in [-0.3, -0.25) is 19.7 Å². The van der Waals surface area contributed by atoms with Crippen molar-refractivity contribution in [2.45, 2.75) is 46.4 Å². The van der Waals surface area contributed by atoms with Crippen molar-refractivity contribution >= 4 is 52.5 Å². The molecule has 0 bridgehead atoms. The van der Waals surface area contributed by atoms with Crippen LogP contribution in [0.15, 0.2) is 22.1 Å². The number of aromatic nitrogens is 2. The molecule has 0 spiro atoms. The van der Waals surface area contributed by atoms with Gasteiger partial charge in [0.05, 0.1) is 29.4 Å². The SMILES string of the molecule is CC(=O)OCOC(=O)Nc1cc(=O)nc2c3c(n(C4OC(COC(=O)C(C)C)CC4C)cc13)N=CN2. The van der Waals surface area contributed by atoms with Gasteiger partial charge in [-0.05, 0) is 6.42 Å². The Labute approximate surface area is 205 Å². The van der Waals surface area contributed by atoms with Crippen LogP contribution in [0.2, 0.25) is 0 Å².